The van der Waals surface area contributed by atoms with Crippen LogP contribution < -0.4 is 5.32 Å². The van der Waals surface area contributed by atoms with E-state index in [-0.39, 0.29) is 18.3 Å². The lowest BCUT2D eigenvalue weighted by Crippen LogP contribution is -2.36. The Labute approximate surface area is 93.0 Å². The van der Waals surface area contributed by atoms with Crippen molar-refractivity contribution in [2.45, 2.75) is 33.0 Å². The Hall–Kier alpha value is -0.160. The van der Waals surface area contributed by atoms with Gasteiger partial charge >= 0.3 is 0 Å². The van der Waals surface area contributed by atoms with E-state index in [4.69, 9.17) is 14.6 Å². The second kappa shape index (κ2) is 8.05. The van der Waals surface area contributed by atoms with Gasteiger partial charge in [-0.2, -0.15) is 0 Å². The molecular weight excluding hydrogens is 194 g/mol. The van der Waals surface area contributed by atoms with Crippen LogP contribution in [0.25, 0.3) is 0 Å². The molecule has 0 saturated heterocycles. The molecular formula is C11H25NO3. The topological polar surface area (TPSA) is 50.7 Å². The molecule has 92 valence electrons. The van der Waals surface area contributed by atoms with Gasteiger partial charge in [0.15, 0.2) is 6.29 Å². The SMILES string of the molecule is COC(CNCC(C)(C)CCCO)OC. The van der Waals surface area contributed by atoms with Crippen LogP contribution in [0, 0.1) is 5.41 Å². The van der Waals surface area contributed by atoms with E-state index in [1.807, 2.05) is 0 Å². The van der Waals surface area contributed by atoms with Crippen LogP contribution in [0.1, 0.15) is 26.7 Å². The van der Waals surface area contributed by atoms with E-state index in [1.165, 1.54) is 0 Å². The number of hydrogen-bond donors (Lipinski definition) is 2. The second-order valence-electron chi connectivity index (χ2n) is 4.52. The molecule has 0 heterocycles. The summed E-state index contributed by atoms with van der Waals surface area (Å²) in [4.78, 5) is 0. The minimum absolute atomic E-state index is 0.182. The molecule has 0 spiro atoms. The molecule has 0 aromatic rings. The number of ether oxygens (including phenoxy) is 2. The standard InChI is InChI=1S/C11H25NO3/c1-11(2,6-5-7-13)9-12-8-10(14-3)15-4/h10,12-13H,5-9H2,1-4H3. The van der Waals surface area contributed by atoms with Crippen LogP contribution in [0.4, 0.5) is 0 Å². The summed E-state index contributed by atoms with van der Waals surface area (Å²) in [5.74, 6) is 0. The average molecular weight is 219 g/mol. The van der Waals surface area contributed by atoms with Crippen LogP contribution in [-0.4, -0.2) is 45.3 Å². The smallest absolute Gasteiger partial charge is 0.169 e. The van der Waals surface area contributed by atoms with Gasteiger partial charge in [0.1, 0.15) is 0 Å². The maximum atomic E-state index is 8.76. The lowest BCUT2D eigenvalue weighted by atomic mass is 9.88. The number of rotatable bonds is 9. The Morgan fingerprint density at radius 2 is 1.87 bits per heavy atom. The molecule has 0 rings (SSSR count). The zero-order chi connectivity index (χ0) is 11.7. The monoisotopic (exact) mass is 219 g/mol. The molecule has 4 heteroatoms. The van der Waals surface area contributed by atoms with Crippen molar-refractivity contribution in [2.24, 2.45) is 5.41 Å². The van der Waals surface area contributed by atoms with Crippen molar-refractivity contribution < 1.29 is 14.6 Å². The minimum atomic E-state index is -0.182. The Bertz CT molecular complexity index is 147. The Morgan fingerprint density at radius 3 is 2.33 bits per heavy atom. The van der Waals surface area contributed by atoms with Gasteiger partial charge in [0.05, 0.1) is 0 Å². The normalized spacial score (nSPS) is 12.4. The third-order valence-electron chi connectivity index (χ3n) is 2.45. The van der Waals surface area contributed by atoms with Crippen LogP contribution >= 0.6 is 0 Å². The summed E-state index contributed by atoms with van der Waals surface area (Å²) < 4.78 is 10.1. The fourth-order valence-corrected chi connectivity index (χ4v) is 1.44. The molecule has 0 fully saturated rings. The zero-order valence-electron chi connectivity index (χ0n) is 10.4. The van der Waals surface area contributed by atoms with Crippen molar-refractivity contribution in [3.8, 4) is 0 Å². The lowest BCUT2D eigenvalue weighted by molar-refractivity contribution is -0.0994. The first-order valence-electron chi connectivity index (χ1n) is 5.43. The van der Waals surface area contributed by atoms with Crippen LogP contribution in [0.15, 0.2) is 0 Å². The van der Waals surface area contributed by atoms with Crippen molar-refractivity contribution in [3.63, 3.8) is 0 Å². The van der Waals surface area contributed by atoms with Gasteiger partial charge < -0.3 is 19.9 Å². The van der Waals surface area contributed by atoms with Gasteiger partial charge in [-0.3, -0.25) is 0 Å². The first kappa shape index (κ1) is 14.8. The van der Waals surface area contributed by atoms with E-state index in [0.717, 1.165) is 19.4 Å². The molecule has 4 nitrogen and oxygen atoms in total. The summed E-state index contributed by atoms with van der Waals surface area (Å²) in [6.45, 7) is 6.22. The van der Waals surface area contributed by atoms with Crippen LogP contribution in [0.3, 0.4) is 0 Å². The summed E-state index contributed by atoms with van der Waals surface area (Å²) in [6, 6.07) is 0. The number of aliphatic hydroxyl groups excluding tert-OH is 1. The van der Waals surface area contributed by atoms with E-state index in [9.17, 15) is 0 Å². The summed E-state index contributed by atoms with van der Waals surface area (Å²) in [6.07, 6.45) is 1.69. The molecule has 0 saturated carbocycles. The predicted molar refractivity (Wildman–Crippen MR) is 60.8 cm³/mol. The third-order valence-corrected chi connectivity index (χ3v) is 2.45. The fraction of sp³-hybridized carbons (Fsp3) is 1.00. The number of aliphatic hydroxyl groups is 1. The second-order valence-corrected chi connectivity index (χ2v) is 4.52. The Balaban J connectivity index is 3.63. The van der Waals surface area contributed by atoms with E-state index < -0.39 is 0 Å². The van der Waals surface area contributed by atoms with Gasteiger partial charge in [0.25, 0.3) is 0 Å². The van der Waals surface area contributed by atoms with E-state index in [0.29, 0.717) is 6.54 Å². The maximum absolute atomic E-state index is 8.76. The van der Waals surface area contributed by atoms with Gasteiger partial charge in [0, 0.05) is 33.9 Å². The molecule has 0 amide bonds. The molecule has 0 aliphatic heterocycles. The highest BCUT2D eigenvalue weighted by Gasteiger charge is 2.17. The summed E-state index contributed by atoms with van der Waals surface area (Å²) in [5.41, 5.74) is 0.203. The van der Waals surface area contributed by atoms with Crippen LogP contribution in [0.5, 0.6) is 0 Å². The third kappa shape index (κ3) is 7.73. The predicted octanol–water partition coefficient (Wildman–Crippen LogP) is 0.994. The summed E-state index contributed by atoms with van der Waals surface area (Å²) >= 11 is 0. The fourth-order valence-electron chi connectivity index (χ4n) is 1.44. The molecule has 0 aliphatic carbocycles. The summed E-state index contributed by atoms with van der Waals surface area (Å²) in [7, 11) is 3.26. The molecule has 0 bridgehead atoms. The highest BCUT2D eigenvalue weighted by molar-refractivity contribution is 4.71. The van der Waals surface area contributed by atoms with E-state index >= 15 is 0 Å². The minimum Gasteiger partial charge on any atom is -0.396 e. The van der Waals surface area contributed by atoms with Crippen molar-refractivity contribution >= 4 is 0 Å². The number of methoxy groups -OCH3 is 2. The van der Waals surface area contributed by atoms with E-state index in [2.05, 4.69) is 19.2 Å². The Morgan fingerprint density at radius 1 is 1.27 bits per heavy atom. The summed E-state index contributed by atoms with van der Waals surface area (Å²) in [5, 5.41) is 12.1. The molecule has 0 atom stereocenters. The molecule has 15 heavy (non-hydrogen) atoms. The number of nitrogens with one attached hydrogen (secondary N) is 1. The molecule has 0 radical (unpaired) electrons. The number of hydrogen-bond acceptors (Lipinski definition) is 4. The van der Waals surface area contributed by atoms with Gasteiger partial charge in [-0.15, -0.1) is 0 Å². The largest absolute Gasteiger partial charge is 0.396 e. The van der Waals surface area contributed by atoms with Gasteiger partial charge in [0.2, 0.25) is 0 Å². The first-order chi connectivity index (χ1) is 7.05. The quantitative estimate of drug-likeness (QED) is 0.568. The van der Waals surface area contributed by atoms with Crippen molar-refractivity contribution in [1.29, 1.82) is 0 Å². The Kier molecular flexibility index (Phi) is 7.96. The van der Waals surface area contributed by atoms with Crippen LogP contribution in [0.2, 0.25) is 0 Å². The molecule has 0 aliphatic rings. The van der Waals surface area contributed by atoms with Gasteiger partial charge in [-0.05, 0) is 18.3 Å². The highest BCUT2D eigenvalue weighted by atomic mass is 16.7. The highest BCUT2D eigenvalue weighted by Crippen LogP contribution is 2.20. The van der Waals surface area contributed by atoms with Gasteiger partial charge in [-0.1, -0.05) is 13.8 Å². The van der Waals surface area contributed by atoms with Crippen LogP contribution in [-0.2, 0) is 9.47 Å². The van der Waals surface area contributed by atoms with Gasteiger partial charge in [-0.25, -0.2) is 0 Å². The van der Waals surface area contributed by atoms with Crippen molar-refractivity contribution in [2.75, 3.05) is 33.9 Å². The maximum Gasteiger partial charge on any atom is 0.169 e. The molecule has 0 unspecified atom stereocenters. The zero-order valence-corrected chi connectivity index (χ0v) is 10.4. The van der Waals surface area contributed by atoms with Crippen molar-refractivity contribution in [1.82, 2.24) is 5.32 Å². The lowest BCUT2D eigenvalue weighted by Gasteiger charge is -2.25. The van der Waals surface area contributed by atoms with E-state index in [1.54, 1.807) is 14.2 Å². The first-order valence-corrected chi connectivity index (χ1v) is 5.43. The average Bonchev–Trinajstić information content (AvgIpc) is 2.22. The molecule has 0 aromatic heterocycles. The molecule has 0 aromatic carbocycles. The van der Waals surface area contributed by atoms with Crippen molar-refractivity contribution in [3.05, 3.63) is 0 Å². The molecule has 2 N–H and O–H groups in total.